The molecule has 0 bridgehead atoms. The summed E-state index contributed by atoms with van der Waals surface area (Å²) >= 11 is 0. The summed E-state index contributed by atoms with van der Waals surface area (Å²) in [4.78, 5) is 10.3. The molecular formula is C9H6F4O4. The Morgan fingerprint density at radius 3 is 2.35 bits per heavy atom. The number of aliphatic carboxylic acids is 1. The highest BCUT2D eigenvalue weighted by Crippen LogP contribution is 2.26. The van der Waals surface area contributed by atoms with E-state index in [-0.39, 0.29) is 0 Å². The van der Waals surface area contributed by atoms with E-state index in [9.17, 15) is 22.4 Å². The summed E-state index contributed by atoms with van der Waals surface area (Å²) < 4.78 is 51.9. The molecule has 1 rings (SSSR count). The molecule has 1 unspecified atom stereocenters. The normalized spacial score (nSPS) is 13.2. The number of aliphatic hydroxyl groups excluding tert-OH is 1. The molecule has 1 aromatic rings. The summed E-state index contributed by atoms with van der Waals surface area (Å²) in [5, 5.41) is 17.4. The van der Waals surface area contributed by atoms with Crippen LogP contribution in [0.3, 0.4) is 0 Å². The maximum Gasteiger partial charge on any atom is 0.573 e. The second-order valence-electron chi connectivity index (χ2n) is 2.97. The van der Waals surface area contributed by atoms with Crippen LogP contribution in [-0.4, -0.2) is 22.5 Å². The standard InChI is InChI=1S/C9H6F4O4/c10-6-3-4(17-9(11,12)13)1-2-5(6)7(14)8(15)16/h1-3,7,14H,(H,15,16). The van der Waals surface area contributed by atoms with Gasteiger partial charge in [-0.25, -0.2) is 9.18 Å². The zero-order valence-corrected chi connectivity index (χ0v) is 8.03. The molecule has 4 nitrogen and oxygen atoms in total. The summed E-state index contributed by atoms with van der Waals surface area (Å²) in [5.74, 6) is -3.86. The SMILES string of the molecule is O=C(O)C(O)c1ccc(OC(F)(F)F)cc1F. The average molecular weight is 254 g/mol. The second kappa shape index (κ2) is 4.58. The van der Waals surface area contributed by atoms with E-state index in [1.807, 2.05) is 0 Å². The molecule has 0 aliphatic heterocycles. The minimum Gasteiger partial charge on any atom is -0.479 e. The number of benzene rings is 1. The summed E-state index contributed by atoms with van der Waals surface area (Å²) in [6.07, 6.45) is -7.12. The van der Waals surface area contributed by atoms with Crippen molar-refractivity contribution < 1.29 is 37.3 Å². The Morgan fingerprint density at radius 1 is 1.35 bits per heavy atom. The fraction of sp³-hybridized carbons (Fsp3) is 0.222. The first-order chi connectivity index (χ1) is 7.70. The summed E-state index contributed by atoms with van der Waals surface area (Å²) in [5.41, 5.74) is -0.646. The number of carbonyl (C=O) groups is 1. The van der Waals surface area contributed by atoms with E-state index in [0.717, 1.165) is 0 Å². The quantitative estimate of drug-likeness (QED) is 0.808. The van der Waals surface area contributed by atoms with Gasteiger partial charge in [-0.15, -0.1) is 13.2 Å². The van der Waals surface area contributed by atoms with Crippen molar-refractivity contribution in [3.8, 4) is 5.75 Å². The largest absolute Gasteiger partial charge is 0.573 e. The Hall–Kier alpha value is -1.83. The van der Waals surface area contributed by atoms with Gasteiger partial charge in [-0.3, -0.25) is 0 Å². The second-order valence-corrected chi connectivity index (χ2v) is 2.97. The van der Waals surface area contributed by atoms with E-state index in [2.05, 4.69) is 4.74 Å². The van der Waals surface area contributed by atoms with Crippen molar-refractivity contribution in [1.29, 1.82) is 0 Å². The van der Waals surface area contributed by atoms with Crippen LogP contribution in [0.4, 0.5) is 17.6 Å². The molecule has 0 saturated heterocycles. The Kier molecular flexibility index (Phi) is 3.56. The lowest BCUT2D eigenvalue weighted by atomic mass is 10.1. The summed E-state index contributed by atoms with van der Waals surface area (Å²) in [7, 11) is 0. The predicted molar refractivity (Wildman–Crippen MR) is 45.7 cm³/mol. The molecule has 94 valence electrons. The van der Waals surface area contributed by atoms with E-state index < -0.39 is 35.6 Å². The van der Waals surface area contributed by atoms with E-state index in [1.165, 1.54) is 0 Å². The van der Waals surface area contributed by atoms with Crippen LogP contribution < -0.4 is 4.74 Å². The molecule has 0 aromatic heterocycles. The van der Waals surface area contributed by atoms with Crippen molar-refractivity contribution in [3.63, 3.8) is 0 Å². The molecule has 0 fully saturated rings. The third-order valence-electron chi connectivity index (χ3n) is 1.73. The Labute approximate surface area is 92.1 Å². The highest BCUT2D eigenvalue weighted by Gasteiger charge is 2.31. The fourth-order valence-electron chi connectivity index (χ4n) is 1.06. The van der Waals surface area contributed by atoms with Crippen LogP contribution in [0.25, 0.3) is 0 Å². The number of hydrogen-bond acceptors (Lipinski definition) is 3. The van der Waals surface area contributed by atoms with Gasteiger partial charge in [0.25, 0.3) is 0 Å². The van der Waals surface area contributed by atoms with Crippen molar-refractivity contribution in [2.24, 2.45) is 0 Å². The number of ether oxygens (including phenoxy) is 1. The molecule has 1 atom stereocenters. The summed E-state index contributed by atoms with van der Waals surface area (Å²) in [6.45, 7) is 0. The molecular weight excluding hydrogens is 248 g/mol. The molecule has 0 amide bonds. The highest BCUT2D eigenvalue weighted by atomic mass is 19.4. The highest BCUT2D eigenvalue weighted by molar-refractivity contribution is 5.74. The number of hydrogen-bond donors (Lipinski definition) is 2. The molecule has 17 heavy (non-hydrogen) atoms. The average Bonchev–Trinajstić information content (AvgIpc) is 2.14. The van der Waals surface area contributed by atoms with Gasteiger partial charge in [-0.05, 0) is 12.1 Å². The third kappa shape index (κ3) is 3.59. The number of rotatable bonds is 3. The fourth-order valence-corrected chi connectivity index (χ4v) is 1.06. The zero-order chi connectivity index (χ0) is 13.2. The van der Waals surface area contributed by atoms with Crippen molar-refractivity contribution in [2.45, 2.75) is 12.5 Å². The molecule has 0 aliphatic carbocycles. The van der Waals surface area contributed by atoms with Crippen molar-refractivity contribution in [1.82, 2.24) is 0 Å². The minimum absolute atomic E-state index is 0.342. The molecule has 0 spiro atoms. The minimum atomic E-state index is -4.97. The zero-order valence-electron chi connectivity index (χ0n) is 8.03. The van der Waals surface area contributed by atoms with E-state index in [4.69, 9.17) is 10.2 Å². The Bertz CT molecular complexity index is 429. The van der Waals surface area contributed by atoms with Gasteiger partial charge in [0.05, 0.1) is 0 Å². The first kappa shape index (κ1) is 13.2. The Balaban J connectivity index is 2.98. The topological polar surface area (TPSA) is 66.8 Å². The van der Waals surface area contributed by atoms with Gasteiger partial charge < -0.3 is 14.9 Å². The van der Waals surface area contributed by atoms with Crippen molar-refractivity contribution >= 4 is 5.97 Å². The van der Waals surface area contributed by atoms with Gasteiger partial charge in [-0.1, -0.05) is 0 Å². The van der Waals surface area contributed by atoms with Crippen LogP contribution in [0.1, 0.15) is 11.7 Å². The molecule has 0 radical (unpaired) electrons. The summed E-state index contributed by atoms with van der Waals surface area (Å²) in [6, 6.07) is 1.75. The maximum atomic E-state index is 13.2. The molecule has 2 N–H and O–H groups in total. The monoisotopic (exact) mass is 254 g/mol. The van der Waals surface area contributed by atoms with Crippen LogP contribution in [0.2, 0.25) is 0 Å². The van der Waals surface area contributed by atoms with Gasteiger partial charge in [0.15, 0.2) is 6.10 Å². The molecule has 1 aromatic carbocycles. The molecule has 8 heteroatoms. The number of alkyl halides is 3. The van der Waals surface area contributed by atoms with Crippen molar-refractivity contribution in [2.75, 3.05) is 0 Å². The molecule has 0 aliphatic rings. The number of halogens is 4. The number of aliphatic hydroxyl groups is 1. The van der Waals surface area contributed by atoms with Gasteiger partial charge in [0, 0.05) is 11.6 Å². The predicted octanol–water partition coefficient (Wildman–Crippen LogP) is 1.84. The van der Waals surface area contributed by atoms with Gasteiger partial charge >= 0.3 is 12.3 Å². The lowest BCUT2D eigenvalue weighted by Crippen LogP contribution is -2.18. The van der Waals surface area contributed by atoms with Crippen LogP contribution in [0.15, 0.2) is 18.2 Å². The first-order valence-electron chi connectivity index (χ1n) is 4.17. The number of carboxylic acids is 1. The van der Waals surface area contributed by atoms with Crippen LogP contribution in [0, 0.1) is 5.82 Å². The van der Waals surface area contributed by atoms with E-state index >= 15 is 0 Å². The van der Waals surface area contributed by atoms with Crippen LogP contribution in [-0.2, 0) is 4.79 Å². The van der Waals surface area contributed by atoms with Crippen LogP contribution >= 0.6 is 0 Å². The molecule has 0 heterocycles. The Morgan fingerprint density at radius 2 is 1.94 bits per heavy atom. The third-order valence-corrected chi connectivity index (χ3v) is 1.73. The first-order valence-corrected chi connectivity index (χ1v) is 4.17. The lowest BCUT2D eigenvalue weighted by Gasteiger charge is -2.11. The van der Waals surface area contributed by atoms with Crippen LogP contribution in [0.5, 0.6) is 5.75 Å². The van der Waals surface area contributed by atoms with E-state index in [1.54, 1.807) is 0 Å². The van der Waals surface area contributed by atoms with Gasteiger partial charge in [-0.2, -0.15) is 0 Å². The van der Waals surface area contributed by atoms with Gasteiger partial charge in [0.2, 0.25) is 0 Å². The smallest absolute Gasteiger partial charge is 0.479 e. The molecule has 0 saturated carbocycles. The lowest BCUT2D eigenvalue weighted by molar-refractivity contribution is -0.274. The van der Waals surface area contributed by atoms with E-state index in [0.29, 0.717) is 18.2 Å². The van der Waals surface area contributed by atoms with Gasteiger partial charge in [0.1, 0.15) is 11.6 Å². The number of carboxylic acid groups (broad SMARTS) is 1. The maximum absolute atomic E-state index is 13.2. The van der Waals surface area contributed by atoms with Crippen molar-refractivity contribution in [3.05, 3.63) is 29.6 Å².